The predicted octanol–water partition coefficient (Wildman–Crippen LogP) is 4.60. The molecule has 0 N–H and O–H groups in total. The molecule has 20 heavy (non-hydrogen) atoms. The average molecular weight is 326 g/mol. The van der Waals surface area contributed by atoms with Gasteiger partial charge in [-0.2, -0.15) is 48.3 Å². The van der Waals surface area contributed by atoms with Crippen LogP contribution in [0.15, 0.2) is 12.2 Å². The summed E-state index contributed by atoms with van der Waals surface area (Å²) in [4.78, 5) is 0. The van der Waals surface area contributed by atoms with E-state index < -0.39 is 36.3 Å². The highest BCUT2D eigenvalue weighted by Gasteiger charge is 2.77. The summed E-state index contributed by atoms with van der Waals surface area (Å²) in [6, 6.07) is 0. The van der Waals surface area contributed by atoms with Crippen LogP contribution in [0.1, 0.15) is 6.92 Å². The van der Waals surface area contributed by atoms with Crippen molar-refractivity contribution in [3.05, 3.63) is 12.2 Å². The molecular weight excluding hydrogens is 321 g/mol. The molecule has 0 radical (unpaired) electrons. The lowest BCUT2D eigenvalue weighted by molar-refractivity contribution is -0.473. The Morgan fingerprint density at radius 2 is 1.10 bits per heavy atom. The molecule has 1 atom stereocenters. The number of rotatable bonds is 4. The van der Waals surface area contributed by atoms with Crippen LogP contribution in [0, 0.1) is 0 Å². The summed E-state index contributed by atoms with van der Waals surface area (Å²) in [5, 5.41) is 0. The van der Waals surface area contributed by atoms with E-state index in [1.807, 2.05) is 0 Å². The molecule has 0 saturated heterocycles. The van der Waals surface area contributed by atoms with Crippen LogP contribution < -0.4 is 0 Å². The number of hydrogen-bond donors (Lipinski definition) is 0. The second-order valence-electron chi connectivity index (χ2n) is 3.33. The molecule has 120 valence electrons. The zero-order valence-electron chi connectivity index (χ0n) is 9.22. The van der Waals surface area contributed by atoms with Crippen LogP contribution in [-0.2, 0) is 4.74 Å². The standard InChI is InChI=1S/C8H5F11O/c1-2-3-4(9,6(12,13)14)20-8(18,19)5(10,11)7(15,16)17/h2-3H,1H3/b3-2+/t4-/m0/s1. The Bertz CT molecular complexity index is 366. The normalized spacial score (nSPS) is 18.4. The lowest BCUT2D eigenvalue weighted by atomic mass is 10.2. The van der Waals surface area contributed by atoms with Crippen molar-refractivity contribution in [2.75, 3.05) is 0 Å². The fourth-order valence-electron chi connectivity index (χ4n) is 0.816. The van der Waals surface area contributed by atoms with Gasteiger partial charge in [-0.1, -0.05) is 6.08 Å². The molecule has 0 unspecified atom stereocenters. The lowest BCUT2D eigenvalue weighted by Gasteiger charge is -2.33. The van der Waals surface area contributed by atoms with E-state index in [2.05, 4.69) is 4.74 Å². The van der Waals surface area contributed by atoms with Crippen molar-refractivity contribution in [2.24, 2.45) is 0 Å². The largest absolute Gasteiger partial charge is 0.462 e. The van der Waals surface area contributed by atoms with Gasteiger partial charge in [-0.3, -0.25) is 4.74 Å². The van der Waals surface area contributed by atoms with Gasteiger partial charge in [0.1, 0.15) is 0 Å². The summed E-state index contributed by atoms with van der Waals surface area (Å²) in [6.07, 6.45) is -20.7. The van der Waals surface area contributed by atoms with Gasteiger partial charge in [0.05, 0.1) is 0 Å². The first-order valence-electron chi connectivity index (χ1n) is 4.44. The molecule has 0 aliphatic rings. The summed E-state index contributed by atoms with van der Waals surface area (Å²) in [7, 11) is 0. The monoisotopic (exact) mass is 326 g/mol. The Balaban J connectivity index is 5.66. The summed E-state index contributed by atoms with van der Waals surface area (Å²) in [5.74, 6) is -12.5. The summed E-state index contributed by atoms with van der Waals surface area (Å²) >= 11 is 0. The van der Waals surface area contributed by atoms with Crippen LogP contribution >= 0.6 is 0 Å². The smallest absolute Gasteiger partial charge is 0.266 e. The third-order valence-corrected chi connectivity index (χ3v) is 1.77. The molecule has 0 heterocycles. The quantitative estimate of drug-likeness (QED) is 0.542. The van der Waals surface area contributed by atoms with Crippen LogP contribution in [0.25, 0.3) is 0 Å². The maximum Gasteiger partial charge on any atom is 0.462 e. The molecule has 0 aromatic rings. The van der Waals surface area contributed by atoms with Crippen molar-refractivity contribution in [3.8, 4) is 0 Å². The molecule has 0 aliphatic carbocycles. The van der Waals surface area contributed by atoms with Crippen molar-refractivity contribution in [1.29, 1.82) is 0 Å². The first kappa shape index (κ1) is 18.9. The lowest BCUT2D eigenvalue weighted by Crippen LogP contribution is -2.58. The second kappa shape index (κ2) is 5.04. The molecule has 0 rings (SSSR count). The minimum absolute atomic E-state index is 0.148. The van der Waals surface area contributed by atoms with E-state index in [1.165, 1.54) is 0 Å². The van der Waals surface area contributed by atoms with E-state index in [1.54, 1.807) is 0 Å². The Morgan fingerprint density at radius 1 is 0.700 bits per heavy atom. The van der Waals surface area contributed by atoms with Crippen molar-refractivity contribution in [2.45, 2.75) is 37.2 Å². The van der Waals surface area contributed by atoms with Gasteiger partial charge < -0.3 is 0 Å². The van der Waals surface area contributed by atoms with Crippen LogP contribution in [-0.4, -0.2) is 30.2 Å². The van der Waals surface area contributed by atoms with E-state index in [-0.39, 0.29) is 6.08 Å². The van der Waals surface area contributed by atoms with Crippen LogP contribution in [0.2, 0.25) is 0 Å². The maximum absolute atomic E-state index is 13.1. The van der Waals surface area contributed by atoms with Crippen LogP contribution in [0.5, 0.6) is 0 Å². The highest BCUT2D eigenvalue weighted by molar-refractivity contribution is 5.01. The Kier molecular flexibility index (Phi) is 4.77. The first-order chi connectivity index (χ1) is 8.52. The fraction of sp³-hybridized carbons (Fsp3) is 0.750. The molecule has 0 fully saturated rings. The number of hydrogen-bond acceptors (Lipinski definition) is 1. The molecule has 1 nitrogen and oxygen atoms in total. The van der Waals surface area contributed by atoms with Gasteiger partial charge >= 0.3 is 30.2 Å². The van der Waals surface area contributed by atoms with Crippen molar-refractivity contribution < 1.29 is 53.0 Å². The van der Waals surface area contributed by atoms with Gasteiger partial charge in [-0.05, 0) is 13.0 Å². The van der Waals surface area contributed by atoms with Crippen LogP contribution in [0.4, 0.5) is 48.3 Å². The highest BCUT2D eigenvalue weighted by Crippen LogP contribution is 2.51. The van der Waals surface area contributed by atoms with E-state index >= 15 is 0 Å². The molecule has 0 aromatic heterocycles. The zero-order chi connectivity index (χ0) is 16.6. The third kappa shape index (κ3) is 3.33. The third-order valence-electron chi connectivity index (χ3n) is 1.77. The number of ether oxygens (including phenoxy) is 1. The molecule has 0 aromatic carbocycles. The Labute approximate surface area is 104 Å². The summed E-state index contributed by atoms with van der Waals surface area (Å²) in [6.45, 7) is 0.670. The maximum atomic E-state index is 13.1. The molecule has 0 amide bonds. The van der Waals surface area contributed by atoms with Crippen molar-refractivity contribution in [3.63, 3.8) is 0 Å². The van der Waals surface area contributed by atoms with Gasteiger partial charge in [-0.25, -0.2) is 0 Å². The van der Waals surface area contributed by atoms with Gasteiger partial charge in [-0.15, -0.1) is 0 Å². The Morgan fingerprint density at radius 3 is 1.35 bits per heavy atom. The zero-order valence-corrected chi connectivity index (χ0v) is 9.22. The van der Waals surface area contributed by atoms with E-state index in [4.69, 9.17) is 0 Å². The molecule has 0 aliphatic heterocycles. The van der Waals surface area contributed by atoms with Crippen molar-refractivity contribution >= 4 is 0 Å². The average Bonchev–Trinajstić information content (AvgIpc) is 2.12. The van der Waals surface area contributed by atoms with Gasteiger partial charge in [0.2, 0.25) is 0 Å². The Hall–Kier alpha value is -1.07. The second-order valence-corrected chi connectivity index (χ2v) is 3.33. The topological polar surface area (TPSA) is 9.23 Å². The minimum Gasteiger partial charge on any atom is -0.266 e. The van der Waals surface area contributed by atoms with E-state index in [0.717, 1.165) is 0 Å². The number of alkyl halides is 11. The molecule has 0 bridgehead atoms. The SMILES string of the molecule is C/C=C/[C@](F)(OC(F)(F)C(F)(F)C(F)(F)F)C(F)(F)F. The fourth-order valence-corrected chi connectivity index (χ4v) is 0.816. The van der Waals surface area contributed by atoms with Gasteiger partial charge in [0, 0.05) is 0 Å². The molecule has 0 saturated carbocycles. The minimum atomic E-state index is -7.02. The number of allylic oxidation sites excluding steroid dienone is 1. The van der Waals surface area contributed by atoms with Gasteiger partial charge in [0.15, 0.2) is 0 Å². The van der Waals surface area contributed by atoms with Crippen molar-refractivity contribution in [1.82, 2.24) is 0 Å². The molecule has 12 heteroatoms. The van der Waals surface area contributed by atoms with Crippen LogP contribution in [0.3, 0.4) is 0 Å². The number of halogens is 11. The van der Waals surface area contributed by atoms with E-state index in [9.17, 15) is 48.3 Å². The van der Waals surface area contributed by atoms with Gasteiger partial charge in [0.25, 0.3) is 0 Å². The molecular formula is C8H5F11O. The predicted molar refractivity (Wildman–Crippen MR) is 41.7 cm³/mol. The first-order valence-corrected chi connectivity index (χ1v) is 4.44. The van der Waals surface area contributed by atoms with E-state index in [0.29, 0.717) is 6.92 Å². The molecule has 0 spiro atoms. The summed E-state index contributed by atoms with van der Waals surface area (Å²) < 4.78 is 136. The summed E-state index contributed by atoms with van der Waals surface area (Å²) in [5.41, 5.74) is 0. The highest BCUT2D eigenvalue weighted by atomic mass is 19.4.